The molecule has 0 aliphatic carbocycles. The lowest BCUT2D eigenvalue weighted by molar-refractivity contribution is -0.385. The number of nitrogens with one attached hydrogen (secondary N) is 1. The quantitative estimate of drug-likeness (QED) is 0.496. The van der Waals surface area contributed by atoms with Crippen LogP contribution in [0, 0.1) is 16.0 Å². The molecule has 152 valence electrons. The first-order valence-corrected chi connectivity index (χ1v) is 8.48. The third kappa shape index (κ3) is 5.95. The number of hydrogen-bond acceptors (Lipinski definition) is 7. The Balaban J connectivity index is 0.00000364. The van der Waals surface area contributed by atoms with Gasteiger partial charge >= 0.3 is 0 Å². The molecule has 0 aromatic heterocycles. The molecule has 0 saturated carbocycles. The predicted molar refractivity (Wildman–Crippen MR) is 102 cm³/mol. The van der Waals surface area contributed by atoms with Gasteiger partial charge in [-0.25, -0.2) is 0 Å². The third-order valence-electron chi connectivity index (χ3n) is 4.55. The first kappa shape index (κ1) is 22.9. The molecule has 1 heterocycles. The summed E-state index contributed by atoms with van der Waals surface area (Å²) >= 11 is 0. The van der Waals surface area contributed by atoms with Gasteiger partial charge in [0.15, 0.2) is 11.5 Å². The van der Waals surface area contributed by atoms with Gasteiger partial charge in [0.25, 0.3) is 5.69 Å². The molecule has 2 rings (SSSR count). The Morgan fingerprint density at radius 2 is 1.93 bits per heavy atom. The van der Waals surface area contributed by atoms with Crippen molar-refractivity contribution in [1.82, 2.24) is 5.32 Å². The summed E-state index contributed by atoms with van der Waals surface area (Å²) in [6, 6.07) is 2.28. The van der Waals surface area contributed by atoms with Crippen molar-refractivity contribution in [2.24, 2.45) is 11.7 Å². The second kappa shape index (κ2) is 10.9. The van der Waals surface area contributed by atoms with Gasteiger partial charge in [-0.1, -0.05) is 0 Å². The van der Waals surface area contributed by atoms with Crippen LogP contribution in [-0.2, 0) is 16.0 Å². The Kier molecular flexibility index (Phi) is 9.27. The summed E-state index contributed by atoms with van der Waals surface area (Å²) in [4.78, 5) is 23.0. The fourth-order valence-electron chi connectivity index (χ4n) is 3.01. The second-order valence-corrected chi connectivity index (χ2v) is 6.11. The number of amides is 1. The van der Waals surface area contributed by atoms with E-state index in [1.807, 2.05) is 0 Å². The standard InChI is InChI=1S/C17H25N3O6.ClH/c1-24-14-9-12(13(20(22)23)10-15(14)25-2)3-6-19-17(21)16(18)11-4-7-26-8-5-11;/h9-11,16H,3-8,18H2,1-2H3,(H,19,21);1H. The van der Waals surface area contributed by atoms with E-state index in [-0.39, 0.29) is 48.6 Å². The summed E-state index contributed by atoms with van der Waals surface area (Å²) in [5, 5.41) is 14.1. The maximum Gasteiger partial charge on any atom is 0.276 e. The first-order chi connectivity index (χ1) is 12.5. The summed E-state index contributed by atoms with van der Waals surface area (Å²) in [7, 11) is 2.88. The van der Waals surface area contributed by atoms with Crippen molar-refractivity contribution in [1.29, 1.82) is 0 Å². The Morgan fingerprint density at radius 3 is 2.48 bits per heavy atom. The monoisotopic (exact) mass is 403 g/mol. The molecule has 9 nitrogen and oxygen atoms in total. The minimum Gasteiger partial charge on any atom is -0.493 e. The molecule has 1 amide bonds. The van der Waals surface area contributed by atoms with Crippen LogP contribution in [-0.4, -0.2) is 50.9 Å². The van der Waals surface area contributed by atoms with Crippen LogP contribution in [0.4, 0.5) is 5.69 Å². The Hall–Kier alpha value is -2.10. The lowest BCUT2D eigenvalue weighted by Gasteiger charge is -2.26. The molecule has 1 fully saturated rings. The number of carbonyl (C=O) groups excluding carboxylic acids is 1. The van der Waals surface area contributed by atoms with Crippen LogP contribution >= 0.6 is 12.4 Å². The molecular weight excluding hydrogens is 378 g/mol. The number of halogens is 1. The largest absolute Gasteiger partial charge is 0.493 e. The van der Waals surface area contributed by atoms with Crippen LogP contribution in [0.5, 0.6) is 11.5 Å². The number of carbonyl (C=O) groups is 1. The summed E-state index contributed by atoms with van der Waals surface area (Å²) < 4.78 is 15.6. The van der Waals surface area contributed by atoms with Crippen molar-refractivity contribution in [3.8, 4) is 11.5 Å². The molecule has 10 heteroatoms. The number of methoxy groups -OCH3 is 2. The normalized spacial score (nSPS) is 15.4. The van der Waals surface area contributed by atoms with Gasteiger partial charge in [-0.2, -0.15) is 0 Å². The van der Waals surface area contributed by atoms with E-state index in [9.17, 15) is 14.9 Å². The van der Waals surface area contributed by atoms with Crippen molar-refractivity contribution < 1.29 is 23.9 Å². The number of nitrogens with zero attached hydrogens (tertiary/aromatic N) is 1. The molecule has 1 saturated heterocycles. The molecule has 1 aliphatic rings. The zero-order valence-corrected chi connectivity index (χ0v) is 16.3. The van der Waals surface area contributed by atoms with E-state index in [0.29, 0.717) is 24.5 Å². The average molecular weight is 404 g/mol. The molecule has 27 heavy (non-hydrogen) atoms. The predicted octanol–water partition coefficient (Wildman–Crippen LogP) is 1.45. The Bertz CT molecular complexity index is 652. The fourth-order valence-corrected chi connectivity index (χ4v) is 3.01. The molecule has 1 atom stereocenters. The van der Waals surface area contributed by atoms with Crippen molar-refractivity contribution in [2.75, 3.05) is 34.0 Å². The minimum atomic E-state index is -0.598. The van der Waals surface area contributed by atoms with Gasteiger partial charge in [0, 0.05) is 25.3 Å². The zero-order valence-electron chi connectivity index (χ0n) is 15.4. The van der Waals surface area contributed by atoms with Crippen LogP contribution < -0.4 is 20.5 Å². The topological polar surface area (TPSA) is 126 Å². The summed E-state index contributed by atoms with van der Waals surface area (Å²) in [5.41, 5.74) is 6.39. The second-order valence-electron chi connectivity index (χ2n) is 6.11. The molecule has 1 aromatic carbocycles. The fraction of sp³-hybridized carbons (Fsp3) is 0.588. The van der Waals surface area contributed by atoms with Gasteiger partial charge in [-0.3, -0.25) is 14.9 Å². The highest BCUT2D eigenvalue weighted by Crippen LogP contribution is 2.34. The van der Waals surface area contributed by atoms with Crippen LogP contribution in [0.15, 0.2) is 12.1 Å². The molecule has 0 spiro atoms. The molecular formula is C17H26ClN3O6. The number of hydrogen-bond donors (Lipinski definition) is 2. The van der Waals surface area contributed by atoms with Crippen LogP contribution in [0.2, 0.25) is 0 Å². The highest BCUT2D eigenvalue weighted by atomic mass is 35.5. The van der Waals surface area contributed by atoms with E-state index in [2.05, 4.69) is 5.32 Å². The van der Waals surface area contributed by atoms with Gasteiger partial charge in [0.2, 0.25) is 5.91 Å². The van der Waals surface area contributed by atoms with E-state index in [0.717, 1.165) is 12.8 Å². The van der Waals surface area contributed by atoms with Gasteiger partial charge < -0.3 is 25.3 Å². The minimum absolute atomic E-state index is 0. The Labute approximate surface area is 164 Å². The molecule has 1 unspecified atom stereocenters. The molecule has 1 aromatic rings. The van der Waals surface area contributed by atoms with E-state index in [1.165, 1.54) is 20.3 Å². The van der Waals surface area contributed by atoms with Gasteiger partial charge in [0.05, 0.1) is 31.3 Å². The van der Waals surface area contributed by atoms with Crippen molar-refractivity contribution in [3.05, 3.63) is 27.8 Å². The maximum atomic E-state index is 12.2. The first-order valence-electron chi connectivity index (χ1n) is 8.48. The highest BCUT2D eigenvalue weighted by Gasteiger charge is 2.26. The summed E-state index contributed by atoms with van der Waals surface area (Å²) in [6.45, 7) is 1.47. The van der Waals surface area contributed by atoms with E-state index >= 15 is 0 Å². The van der Waals surface area contributed by atoms with E-state index in [4.69, 9.17) is 19.9 Å². The molecule has 0 bridgehead atoms. The van der Waals surface area contributed by atoms with E-state index in [1.54, 1.807) is 6.07 Å². The van der Waals surface area contributed by atoms with Crippen LogP contribution in [0.3, 0.4) is 0 Å². The molecule has 1 aliphatic heterocycles. The third-order valence-corrected chi connectivity index (χ3v) is 4.55. The lowest BCUT2D eigenvalue weighted by atomic mass is 9.92. The van der Waals surface area contributed by atoms with Crippen molar-refractivity contribution in [3.63, 3.8) is 0 Å². The molecule has 3 N–H and O–H groups in total. The van der Waals surface area contributed by atoms with Crippen molar-refractivity contribution >= 4 is 24.0 Å². The smallest absolute Gasteiger partial charge is 0.276 e. The number of rotatable bonds is 8. The number of nitrogens with two attached hydrogens (primary N) is 1. The Morgan fingerprint density at radius 1 is 1.33 bits per heavy atom. The maximum absolute atomic E-state index is 12.2. The summed E-state index contributed by atoms with van der Waals surface area (Å²) in [5.74, 6) is 0.533. The zero-order chi connectivity index (χ0) is 19.1. The van der Waals surface area contributed by atoms with E-state index < -0.39 is 11.0 Å². The van der Waals surface area contributed by atoms with Crippen LogP contribution in [0.25, 0.3) is 0 Å². The SMILES string of the molecule is COc1cc(CCNC(=O)C(N)C2CCOCC2)c([N+](=O)[O-])cc1OC.Cl. The summed E-state index contributed by atoms with van der Waals surface area (Å²) in [6.07, 6.45) is 1.80. The average Bonchev–Trinajstić information content (AvgIpc) is 2.67. The number of benzene rings is 1. The van der Waals surface area contributed by atoms with Gasteiger partial charge in [-0.05, 0) is 31.2 Å². The number of nitro benzene ring substituents is 1. The number of nitro groups is 1. The number of ether oxygens (including phenoxy) is 3. The highest BCUT2D eigenvalue weighted by molar-refractivity contribution is 5.85. The molecule has 0 radical (unpaired) electrons. The van der Waals surface area contributed by atoms with Crippen LogP contribution in [0.1, 0.15) is 18.4 Å². The van der Waals surface area contributed by atoms with Crippen molar-refractivity contribution in [2.45, 2.75) is 25.3 Å². The lowest BCUT2D eigenvalue weighted by Crippen LogP contribution is -2.47. The van der Waals surface area contributed by atoms with Gasteiger partial charge in [0.1, 0.15) is 0 Å². The van der Waals surface area contributed by atoms with Gasteiger partial charge in [-0.15, -0.1) is 12.4 Å².